The highest BCUT2D eigenvalue weighted by Gasteiger charge is 2.34. The zero-order chi connectivity index (χ0) is 16.8. The third kappa shape index (κ3) is 7.63. The number of nitrogens with two attached hydrogens (primary N) is 1. The van der Waals surface area contributed by atoms with E-state index in [0.717, 1.165) is 6.07 Å². The quantitative estimate of drug-likeness (QED) is 0.447. The number of aliphatic hydroxyl groups is 1. The lowest BCUT2D eigenvalue weighted by Crippen LogP contribution is -2.26. The summed E-state index contributed by atoms with van der Waals surface area (Å²) in [6.45, 7) is 3.16. The van der Waals surface area contributed by atoms with E-state index in [1.807, 2.05) is 6.92 Å². The van der Waals surface area contributed by atoms with Gasteiger partial charge in [-0.2, -0.15) is 13.2 Å². The van der Waals surface area contributed by atoms with Crippen LogP contribution in [0.2, 0.25) is 5.02 Å². The smallest absolute Gasteiger partial charge is 0.397 e. The summed E-state index contributed by atoms with van der Waals surface area (Å²) in [5.41, 5.74) is 4.12. The number of ether oxygens (including phenoxy) is 1. The first-order chi connectivity index (χ1) is 10.3. The summed E-state index contributed by atoms with van der Waals surface area (Å²) in [6.07, 6.45) is -3.92. The standard InChI is InChI=1S/C14H20ClF3N2O2.2ClH/c1-2-22-5-3-4-20-12(8-21)9-6-10(14(16,17)18)13(19)11(15)7-9;;/h6-7,12,20-21H,2-5,8,19H2,1H3;2*1H. The Kier molecular flexibility index (Phi) is 12.9. The van der Waals surface area contributed by atoms with Crippen LogP contribution in [0.3, 0.4) is 0 Å². The summed E-state index contributed by atoms with van der Waals surface area (Å²) in [4.78, 5) is 0. The normalized spacial score (nSPS) is 12.2. The Morgan fingerprint density at radius 3 is 2.46 bits per heavy atom. The predicted octanol–water partition coefficient (Wildman–Crippen LogP) is 3.83. The Bertz CT molecular complexity index is 491. The molecule has 4 N–H and O–H groups in total. The van der Waals surface area contributed by atoms with E-state index in [-0.39, 0.29) is 42.0 Å². The van der Waals surface area contributed by atoms with Gasteiger partial charge in [-0.1, -0.05) is 11.6 Å². The van der Waals surface area contributed by atoms with Gasteiger partial charge in [0.25, 0.3) is 0 Å². The van der Waals surface area contributed by atoms with Crippen molar-refractivity contribution in [1.29, 1.82) is 0 Å². The van der Waals surface area contributed by atoms with Gasteiger partial charge >= 0.3 is 6.18 Å². The van der Waals surface area contributed by atoms with E-state index >= 15 is 0 Å². The topological polar surface area (TPSA) is 67.5 Å². The number of hydrogen-bond acceptors (Lipinski definition) is 4. The van der Waals surface area contributed by atoms with Crippen molar-refractivity contribution in [3.63, 3.8) is 0 Å². The van der Waals surface area contributed by atoms with Crippen molar-refractivity contribution >= 4 is 42.1 Å². The molecule has 1 atom stereocenters. The highest BCUT2D eigenvalue weighted by molar-refractivity contribution is 6.33. The van der Waals surface area contributed by atoms with Gasteiger partial charge < -0.3 is 20.9 Å². The van der Waals surface area contributed by atoms with Crippen molar-refractivity contribution in [3.05, 3.63) is 28.3 Å². The van der Waals surface area contributed by atoms with Crippen LogP contribution in [0.15, 0.2) is 12.1 Å². The zero-order valence-electron chi connectivity index (χ0n) is 13.0. The van der Waals surface area contributed by atoms with Crippen molar-refractivity contribution in [1.82, 2.24) is 5.32 Å². The number of benzene rings is 1. The van der Waals surface area contributed by atoms with Crippen LogP contribution in [-0.4, -0.2) is 31.5 Å². The molecule has 0 bridgehead atoms. The second-order valence-electron chi connectivity index (χ2n) is 4.70. The molecule has 0 aliphatic carbocycles. The molecule has 0 aromatic heterocycles. The highest BCUT2D eigenvalue weighted by atomic mass is 35.5. The van der Waals surface area contributed by atoms with Gasteiger partial charge in [0.05, 0.1) is 28.9 Å². The van der Waals surface area contributed by atoms with Gasteiger partial charge in [-0.25, -0.2) is 0 Å². The minimum absolute atomic E-state index is 0. The van der Waals surface area contributed by atoms with Crippen molar-refractivity contribution in [3.8, 4) is 0 Å². The average Bonchev–Trinajstić information content (AvgIpc) is 2.44. The maximum absolute atomic E-state index is 12.9. The van der Waals surface area contributed by atoms with Crippen molar-refractivity contribution in [2.45, 2.75) is 25.6 Å². The van der Waals surface area contributed by atoms with Crippen LogP contribution in [0.4, 0.5) is 18.9 Å². The lowest BCUT2D eigenvalue weighted by molar-refractivity contribution is -0.137. The number of aliphatic hydroxyl groups excluding tert-OH is 1. The molecule has 4 nitrogen and oxygen atoms in total. The van der Waals surface area contributed by atoms with Crippen molar-refractivity contribution < 1.29 is 23.0 Å². The van der Waals surface area contributed by atoms with Crippen LogP contribution in [0, 0.1) is 0 Å². The SMILES string of the molecule is CCOCCCNC(CO)c1cc(Cl)c(N)c(C(F)(F)F)c1.Cl.Cl. The molecule has 0 radical (unpaired) electrons. The Labute approximate surface area is 156 Å². The van der Waals surface area contributed by atoms with E-state index in [4.69, 9.17) is 22.1 Å². The number of rotatable bonds is 8. The molecule has 1 aromatic rings. The molecule has 142 valence electrons. The molecular formula is C14H22Cl3F3N2O2. The third-order valence-electron chi connectivity index (χ3n) is 3.10. The van der Waals surface area contributed by atoms with Crippen LogP contribution < -0.4 is 11.1 Å². The number of anilines is 1. The van der Waals surface area contributed by atoms with E-state index in [2.05, 4.69) is 5.32 Å². The largest absolute Gasteiger partial charge is 0.418 e. The van der Waals surface area contributed by atoms with E-state index in [1.165, 1.54) is 6.07 Å². The Hall–Kier alpha value is -0.440. The molecule has 10 heteroatoms. The lowest BCUT2D eigenvalue weighted by Gasteiger charge is -2.20. The molecule has 24 heavy (non-hydrogen) atoms. The highest BCUT2D eigenvalue weighted by Crippen LogP contribution is 2.38. The average molecular weight is 414 g/mol. The zero-order valence-corrected chi connectivity index (χ0v) is 15.4. The summed E-state index contributed by atoms with van der Waals surface area (Å²) in [5, 5.41) is 12.2. The first-order valence-corrected chi connectivity index (χ1v) is 7.27. The first kappa shape index (κ1) is 25.8. The van der Waals surface area contributed by atoms with Gasteiger partial charge in [0.2, 0.25) is 0 Å². The molecule has 0 aliphatic rings. The maximum atomic E-state index is 12.9. The fourth-order valence-electron chi connectivity index (χ4n) is 1.96. The molecule has 1 rings (SSSR count). The summed E-state index contributed by atoms with van der Waals surface area (Å²) >= 11 is 5.77. The molecule has 0 amide bonds. The Morgan fingerprint density at radius 2 is 1.96 bits per heavy atom. The molecular weight excluding hydrogens is 392 g/mol. The van der Waals surface area contributed by atoms with Gasteiger partial charge in [0, 0.05) is 13.2 Å². The Morgan fingerprint density at radius 1 is 1.33 bits per heavy atom. The number of hydrogen-bond donors (Lipinski definition) is 3. The Balaban J connectivity index is 0. The summed E-state index contributed by atoms with van der Waals surface area (Å²) < 4.78 is 44.0. The van der Waals surface area contributed by atoms with Crippen molar-refractivity contribution in [2.75, 3.05) is 32.1 Å². The predicted molar refractivity (Wildman–Crippen MR) is 94.3 cm³/mol. The molecule has 0 saturated heterocycles. The summed E-state index contributed by atoms with van der Waals surface area (Å²) in [7, 11) is 0. The number of nitrogens with one attached hydrogen (secondary N) is 1. The van der Waals surface area contributed by atoms with Gasteiger partial charge in [-0.3, -0.25) is 0 Å². The van der Waals surface area contributed by atoms with Crippen LogP contribution in [-0.2, 0) is 10.9 Å². The van der Waals surface area contributed by atoms with Gasteiger partial charge in [0.15, 0.2) is 0 Å². The lowest BCUT2D eigenvalue weighted by atomic mass is 10.0. The number of halogens is 6. The molecule has 0 saturated carbocycles. The van der Waals surface area contributed by atoms with Gasteiger partial charge in [0.1, 0.15) is 0 Å². The molecule has 0 aliphatic heterocycles. The van der Waals surface area contributed by atoms with Gasteiger partial charge in [-0.05, 0) is 37.6 Å². The van der Waals surface area contributed by atoms with Crippen LogP contribution in [0.1, 0.15) is 30.5 Å². The van der Waals surface area contributed by atoms with Gasteiger partial charge in [-0.15, -0.1) is 24.8 Å². The molecule has 1 aromatic carbocycles. The minimum atomic E-state index is -4.60. The molecule has 0 fully saturated rings. The van der Waals surface area contributed by atoms with Crippen molar-refractivity contribution in [2.24, 2.45) is 0 Å². The fourth-order valence-corrected chi connectivity index (χ4v) is 2.18. The van der Waals surface area contributed by atoms with E-state index in [9.17, 15) is 18.3 Å². The summed E-state index contributed by atoms with van der Waals surface area (Å²) in [6, 6.07) is 1.60. The minimum Gasteiger partial charge on any atom is -0.397 e. The number of alkyl halides is 3. The monoisotopic (exact) mass is 412 g/mol. The second kappa shape index (κ2) is 12.0. The molecule has 1 unspecified atom stereocenters. The van der Waals surface area contributed by atoms with E-state index in [1.54, 1.807) is 0 Å². The fraction of sp³-hybridized carbons (Fsp3) is 0.571. The van der Waals surface area contributed by atoms with Crippen LogP contribution in [0.25, 0.3) is 0 Å². The maximum Gasteiger partial charge on any atom is 0.418 e. The van der Waals surface area contributed by atoms with Crippen LogP contribution in [0.5, 0.6) is 0 Å². The second-order valence-corrected chi connectivity index (χ2v) is 5.11. The first-order valence-electron chi connectivity index (χ1n) is 6.89. The van der Waals surface area contributed by atoms with Crippen LogP contribution >= 0.6 is 36.4 Å². The van der Waals surface area contributed by atoms with E-state index in [0.29, 0.717) is 26.2 Å². The third-order valence-corrected chi connectivity index (χ3v) is 3.42. The molecule has 0 spiro atoms. The summed E-state index contributed by atoms with van der Waals surface area (Å²) in [5.74, 6) is 0. The molecule has 0 heterocycles. The number of nitrogen functional groups attached to an aromatic ring is 1. The van der Waals surface area contributed by atoms with E-state index < -0.39 is 23.5 Å².